The van der Waals surface area contributed by atoms with Crippen LogP contribution in [0.15, 0.2) is 30.3 Å². The Bertz CT molecular complexity index is 371. The standard InChI is InChI=1S/C15H22N2O/c1-2-17(15(18)14-8-10-16-12-14)11-9-13-6-4-3-5-7-13/h3-7,14,16H,2,8-12H2,1H3. The first-order valence-electron chi connectivity index (χ1n) is 6.84. The molecule has 0 spiro atoms. The summed E-state index contributed by atoms with van der Waals surface area (Å²) in [5.74, 6) is 0.513. The molecule has 0 radical (unpaired) electrons. The highest BCUT2D eigenvalue weighted by Gasteiger charge is 2.25. The van der Waals surface area contributed by atoms with Gasteiger partial charge in [-0.2, -0.15) is 0 Å². The molecule has 0 aliphatic carbocycles. The maximum atomic E-state index is 12.3. The number of carbonyl (C=O) groups excluding carboxylic acids is 1. The van der Waals surface area contributed by atoms with E-state index < -0.39 is 0 Å². The number of rotatable bonds is 5. The quantitative estimate of drug-likeness (QED) is 0.857. The van der Waals surface area contributed by atoms with Crippen LogP contribution in [0, 0.1) is 5.92 Å². The van der Waals surface area contributed by atoms with Crippen molar-refractivity contribution in [3.63, 3.8) is 0 Å². The molecule has 2 rings (SSSR count). The molecule has 1 N–H and O–H groups in total. The fourth-order valence-electron chi connectivity index (χ4n) is 2.46. The normalized spacial score (nSPS) is 18.8. The van der Waals surface area contributed by atoms with E-state index in [1.807, 2.05) is 23.1 Å². The summed E-state index contributed by atoms with van der Waals surface area (Å²) in [6.07, 6.45) is 1.93. The Morgan fingerprint density at radius 3 is 2.78 bits per heavy atom. The van der Waals surface area contributed by atoms with Crippen LogP contribution in [0.5, 0.6) is 0 Å². The van der Waals surface area contributed by atoms with E-state index in [4.69, 9.17) is 0 Å². The monoisotopic (exact) mass is 246 g/mol. The third-order valence-electron chi connectivity index (χ3n) is 3.62. The van der Waals surface area contributed by atoms with Crippen molar-refractivity contribution in [3.05, 3.63) is 35.9 Å². The molecule has 1 aliphatic heterocycles. The molecule has 18 heavy (non-hydrogen) atoms. The van der Waals surface area contributed by atoms with Crippen LogP contribution < -0.4 is 5.32 Å². The van der Waals surface area contributed by atoms with Crippen LogP contribution in [0.1, 0.15) is 18.9 Å². The second-order valence-corrected chi connectivity index (χ2v) is 4.84. The largest absolute Gasteiger partial charge is 0.342 e. The lowest BCUT2D eigenvalue weighted by Gasteiger charge is -2.24. The van der Waals surface area contributed by atoms with Crippen molar-refractivity contribution >= 4 is 5.91 Å². The zero-order chi connectivity index (χ0) is 12.8. The lowest BCUT2D eigenvalue weighted by atomic mass is 10.1. The van der Waals surface area contributed by atoms with Crippen LogP contribution in [0.25, 0.3) is 0 Å². The van der Waals surface area contributed by atoms with Crippen molar-refractivity contribution in [2.24, 2.45) is 5.92 Å². The van der Waals surface area contributed by atoms with Gasteiger partial charge in [0.1, 0.15) is 0 Å². The molecule has 1 aromatic carbocycles. The second kappa shape index (κ2) is 6.55. The molecule has 0 bridgehead atoms. The second-order valence-electron chi connectivity index (χ2n) is 4.84. The smallest absolute Gasteiger partial charge is 0.227 e. The summed E-state index contributed by atoms with van der Waals surface area (Å²) in [7, 11) is 0. The average Bonchev–Trinajstić information content (AvgIpc) is 2.94. The van der Waals surface area contributed by atoms with Crippen LogP contribution in [0.3, 0.4) is 0 Å². The Hall–Kier alpha value is -1.35. The highest BCUT2D eigenvalue weighted by molar-refractivity contribution is 5.79. The molecule has 1 amide bonds. The maximum absolute atomic E-state index is 12.3. The Kier molecular flexibility index (Phi) is 4.76. The third-order valence-corrected chi connectivity index (χ3v) is 3.62. The van der Waals surface area contributed by atoms with Gasteiger partial charge in [-0.15, -0.1) is 0 Å². The zero-order valence-electron chi connectivity index (χ0n) is 11.1. The summed E-state index contributed by atoms with van der Waals surface area (Å²) in [4.78, 5) is 14.3. The van der Waals surface area contributed by atoms with E-state index in [-0.39, 0.29) is 5.92 Å². The van der Waals surface area contributed by atoms with Crippen molar-refractivity contribution in [1.82, 2.24) is 10.2 Å². The van der Waals surface area contributed by atoms with Crippen LogP contribution in [-0.2, 0) is 11.2 Å². The first kappa shape index (κ1) is 13.1. The number of carbonyl (C=O) groups is 1. The van der Waals surface area contributed by atoms with Crippen molar-refractivity contribution < 1.29 is 4.79 Å². The Morgan fingerprint density at radius 2 is 2.17 bits per heavy atom. The molecule has 1 fully saturated rings. The van der Waals surface area contributed by atoms with Gasteiger partial charge in [-0.3, -0.25) is 4.79 Å². The maximum Gasteiger partial charge on any atom is 0.227 e. The predicted octanol–water partition coefficient (Wildman–Crippen LogP) is 1.69. The molecule has 1 heterocycles. The minimum absolute atomic E-state index is 0.195. The summed E-state index contributed by atoms with van der Waals surface area (Å²) < 4.78 is 0. The number of benzene rings is 1. The lowest BCUT2D eigenvalue weighted by Crippen LogP contribution is -2.38. The van der Waals surface area contributed by atoms with Gasteiger partial charge in [0.15, 0.2) is 0 Å². The Morgan fingerprint density at radius 1 is 1.39 bits per heavy atom. The number of amides is 1. The van der Waals surface area contributed by atoms with E-state index in [1.54, 1.807) is 0 Å². The van der Waals surface area contributed by atoms with E-state index in [0.29, 0.717) is 5.91 Å². The molecule has 3 heteroatoms. The molecule has 0 aromatic heterocycles. The molecule has 1 aliphatic rings. The van der Waals surface area contributed by atoms with Gasteiger partial charge in [0.25, 0.3) is 0 Å². The van der Waals surface area contributed by atoms with E-state index in [2.05, 4.69) is 24.4 Å². The van der Waals surface area contributed by atoms with Crippen LogP contribution in [-0.4, -0.2) is 37.0 Å². The average molecular weight is 246 g/mol. The number of nitrogens with zero attached hydrogens (tertiary/aromatic N) is 1. The van der Waals surface area contributed by atoms with Crippen LogP contribution in [0.4, 0.5) is 0 Å². The van der Waals surface area contributed by atoms with E-state index in [1.165, 1.54) is 5.56 Å². The molecule has 0 saturated carbocycles. The molecule has 3 nitrogen and oxygen atoms in total. The summed E-state index contributed by atoms with van der Waals surface area (Å²) >= 11 is 0. The van der Waals surface area contributed by atoms with Crippen molar-refractivity contribution in [1.29, 1.82) is 0 Å². The zero-order valence-corrected chi connectivity index (χ0v) is 11.1. The van der Waals surface area contributed by atoms with Crippen molar-refractivity contribution in [2.45, 2.75) is 19.8 Å². The van der Waals surface area contributed by atoms with Gasteiger partial charge in [-0.25, -0.2) is 0 Å². The first-order valence-corrected chi connectivity index (χ1v) is 6.84. The van der Waals surface area contributed by atoms with Gasteiger partial charge < -0.3 is 10.2 Å². The number of likely N-dealkylation sites (N-methyl/N-ethyl adjacent to an activating group) is 1. The minimum atomic E-state index is 0.195. The van der Waals surface area contributed by atoms with Gasteiger partial charge in [0.2, 0.25) is 5.91 Å². The van der Waals surface area contributed by atoms with Gasteiger partial charge in [0.05, 0.1) is 5.92 Å². The Labute approximate surface area is 109 Å². The fourth-order valence-corrected chi connectivity index (χ4v) is 2.46. The van der Waals surface area contributed by atoms with Crippen molar-refractivity contribution in [2.75, 3.05) is 26.2 Å². The van der Waals surface area contributed by atoms with Crippen molar-refractivity contribution in [3.8, 4) is 0 Å². The highest BCUT2D eigenvalue weighted by Crippen LogP contribution is 2.12. The molecule has 1 aromatic rings. The lowest BCUT2D eigenvalue weighted by molar-refractivity contribution is -0.134. The van der Waals surface area contributed by atoms with Gasteiger partial charge in [-0.05, 0) is 31.9 Å². The molecule has 1 saturated heterocycles. The summed E-state index contributed by atoms with van der Waals surface area (Å²) in [5, 5.41) is 3.26. The molecular formula is C15H22N2O. The first-order chi connectivity index (χ1) is 8.81. The molecular weight excluding hydrogens is 224 g/mol. The predicted molar refractivity (Wildman–Crippen MR) is 73.4 cm³/mol. The third kappa shape index (κ3) is 3.33. The molecule has 1 atom stereocenters. The number of nitrogens with one attached hydrogen (secondary N) is 1. The highest BCUT2D eigenvalue weighted by atomic mass is 16.2. The summed E-state index contributed by atoms with van der Waals surface area (Å²) in [6, 6.07) is 10.4. The van der Waals surface area contributed by atoms with E-state index in [9.17, 15) is 4.79 Å². The topological polar surface area (TPSA) is 32.3 Å². The van der Waals surface area contributed by atoms with E-state index >= 15 is 0 Å². The van der Waals surface area contributed by atoms with Gasteiger partial charge in [-0.1, -0.05) is 30.3 Å². The van der Waals surface area contributed by atoms with Crippen LogP contribution in [0.2, 0.25) is 0 Å². The minimum Gasteiger partial charge on any atom is -0.342 e. The number of hydrogen-bond donors (Lipinski definition) is 1. The summed E-state index contributed by atoms with van der Waals surface area (Å²) in [5.41, 5.74) is 1.30. The molecule has 1 unspecified atom stereocenters. The van der Waals surface area contributed by atoms with Gasteiger partial charge in [0, 0.05) is 19.6 Å². The van der Waals surface area contributed by atoms with Crippen LogP contribution >= 0.6 is 0 Å². The van der Waals surface area contributed by atoms with E-state index in [0.717, 1.165) is 39.0 Å². The molecule has 98 valence electrons. The fraction of sp³-hybridized carbons (Fsp3) is 0.533. The Balaban J connectivity index is 1.87. The summed E-state index contributed by atoms with van der Waals surface area (Å²) in [6.45, 7) is 5.52. The number of hydrogen-bond acceptors (Lipinski definition) is 2. The SMILES string of the molecule is CCN(CCc1ccccc1)C(=O)C1CCNC1. The van der Waals surface area contributed by atoms with Gasteiger partial charge >= 0.3 is 0 Å².